The number of esters is 3. The topological polar surface area (TPSA) is 124 Å². The summed E-state index contributed by atoms with van der Waals surface area (Å²) in [7, 11) is 0. The summed E-state index contributed by atoms with van der Waals surface area (Å²) in [6.07, 6.45) is -0.765. The molecule has 1 aromatic heterocycles. The molecule has 1 aromatic rings. The second-order valence-corrected chi connectivity index (χ2v) is 13.1. The zero-order valence-electron chi connectivity index (χ0n) is 23.7. The molecule has 5 aliphatic rings. The molecule has 1 N–H and O–H groups in total. The SMILES string of the molecule is CC(=O)O[C@H]1C[C@H](OC(C)=O)[C@@]2(C)[C@H]1[C@@H](C)C[C@H]1OC(=O)[C@@H](CN3C[C@@H]4C[C@@H](C3)c3cccc(=O)n3C4)[C@H]1[C@@H]2O. The maximum Gasteiger partial charge on any atom is 0.311 e. The lowest BCUT2D eigenvalue weighted by molar-refractivity contribution is -0.165. The number of fused-ring (bicyclic) bond motifs is 6. The van der Waals surface area contributed by atoms with Crippen molar-refractivity contribution in [3.63, 3.8) is 0 Å². The molecule has 0 radical (unpaired) electrons. The fraction of sp³-hybridized carbons (Fsp3) is 0.733. The minimum atomic E-state index is -1.00. The second kappa shape index (κ2) is 9.98. The summed E-state index contributed by atoms with van der Waals surface area (Å²) in [5.41, 5.74) is 0.160. The van der Waals surface area contributed by atoms with Gasteiger partial charge in [-0.2, -0.15) is 0 Å². The zero-order valence-corrected chi connectivity index (χ0v) is 23.7. The first-order valence-corrected chi connectivity index (χ1v) is 14.6. The number of likely N-dealkylation sites (tertiary alicyclic amines) is 1. The average Bonchev–Trinajstić information content (AvgIpc) is 3.28. The third kappa shape index (κ3) is 4.38. The summed E-state index contributed by atoms with van der Waals surface area (Å²) in [5, 5.41) is 12.2. The van der Waals surface area contributed by atoms with Crippen LogP contribution in [-0.2, 0) is 35.1 Å². The third-order valence-corrected chi connectivity index (χ3v) is 10.6. The van der Waals surface area contributed by atoms with E-state index in [9.17, 15) is 24.3 Å². The Balaban J connectivity index is 1.29. The third-order valence-electron chi connectivity index (χ3n) is 10.6. The fourth-order valence-corrected chi connectivity index (χ4v) is 9.21. The molecule has 0 spiro atoms. The molecule has 11 atom stereocenters. The molecule has 10 nitrogen and oxygen atoms in total. The van der Waals surface area contributed by atoms with Crippen LogP contribution < -0.4 is 5.56 Å². The van der Waals surface area contributed by atoms with Crippen LogP contribution in [0.2, 0.25) is 0 Å². The average molecular weight is 557 g/mol. The van der Waals surface area contributed by atoms with E-state index < -0.39 is 53.6 Å². The molecule has 0 unspecified atom stereocenters. The quantitative estimate of drug-likeness (QED) is 0.436. The number of hydrogen-bond acceptors (Lipinski definition) is 9. The first-order valence-electron chi connectivity index (χ1n) is 14.6. The molecule has 218 valence electrons. The highest BCUT2D eigenvalue weighted by Crippen LogP contribution is 2.59. The normalized spacial score (nSPS) is 42.2. The van der Waals surface area contributed by atoms with Crippen molar-refractivity contribution < 1.29 is 33.7 Å². The molecule has 2 saturated carbocycles. The number of ether oxygens (including phenoxy) is 3. The van der Waals surface area contributed by atoms with Gasteiger partial charge in [-0.25, -0.2) is 0 Å². The lowest BCUT2D eigenvalue weighted by Gasteiger charge is -2.45. The molecule has 0 aromatic carbocycles. The van der Waals surface area contributed by atoms with E-state index in [-0.39, 0.29) is 29.3 Å². The van der Waals surface area contributed by atoms with E-state index in [0.717, 1.165) is 25.2 Å². The Labute approximate surface area is 233 Å². The summed E-state index contributed by atoms with van der Waals surface area (Å²) in [6, 6.07) is 5.45. The Hall–Kier alpha value is -2.72. The van der Waals surface area contributed by atoms with Gasteiger partial charge < -0.3 is 28.8 Å². The van der Waals surface area contributed by atoms with Crippen LogP contribution >= 0.6 is 0 Å². The van der Waals surface area contributed by atoms with Crippen molar-refractivity contribution in [3.8, 4) is 0 Å². The van der Waals surface area contributed by atoms with Crippen LogP contribution in [0.15, 0.2) is 23.0 Å². The molecule has 10 heteroatoms. The smallest absolute Gasteiger partial charge is 0.311 e. The molecule has 2 bridgehead atoms. The van der Waals surface area contributed by atoms with Crippen molar-refractivity contribution in [2.24, 2.45) is 35.0 Å². The van der Waals surface area contributed by atoms with Gasteiger partial charge in [0.2, 0.25) is 0 Å². The van der Waals surface area contributed by atoms with Crippen molar-refractivity contribution >= 4 is 17.9 Å². The maximum atomic E-state index is 13.4. The number of aromatic nitrogens is 1. The minimum absolute atomic E-state index is 0.0345. The van der Waals surface area contributed by atoms with Gasteiger partial charge in [0.15, 0.2) is 0 Å². The molecule has 4 fully saturated rings. The monoisotopic (exact) mass is 556 g/mol. The van der Waals surface area contributed by atoms with Gasteiger partial charge in [0.1, 0.15) is 18.3 Å². The molecule has 2 saturated heterocycles. The highest BCUT2D eigenvalue weighted by Gasteiger charge is 2.67. The molecular formula is C30H40N2O8. The minimum Gasteiger partial charge on any atom is -0.462 e. The number of pyridine rings is 1. The number of hydrogen-bond donors (Lipinski definition) is 1. The van der Waals surface area contributed by atoms with E-state index in [4.69, 9.17) is 14.2 Å². The van der Waals surface area contributed by atoms with Crippen LogP contribution in [0.3, 0.4) is 0 Å². The van der Waals surface area contributed by atoms with E-state index in [2.05, 4.69) is 4.90 Å². The molecule has 3 aliphatic heterocycles. The maximum absolute atomic E-state index is 13.4. The van der Waals surface area contributed by atoms with Crippen molar-refractivity contribution in [2.45, 2.75) is 83.8 Å². The molecule has 0 amide bonds. The van der Waals surface area contributed by atoms with Gasteiger partial charge in [0.05, 0.1) is 12.0 Å². The Kier molecular flexibility index (Phi) is 6.85. The van der Waals surface area contributed by atoms with Crippen molar-refractivity contribution in [1.82, 2.24) is 9.47 Å². The van der Waals surface area contributed by atoms with Gasteiger partial charge in [0, 0.05) is 81.4 Å². The van der Waals surface area contributed by atoms with Crippen LogP contribution in [0.4, 0.5) is 0 Å². The van der Waals surface area contributed by atoms with Crippen LogP contribution in [-0.4, -0.2) is 76.5 Å². The first kappa shape index (κ1) is 27.4. The summed E-state index contributed by atoms with van der Waals surface area (Å²) in [5.74, 6) is -1.96. The molecule has 2 aliphatic carbocycles. The van der Waals surface area contributed by atoms with Gasteiger partial charge in [-0.05, 0) is 30.7 Å². The second-order valence-electron chi connectivity index (χ2n) is 13.1. The predicted octanol–water partition coefficient (Wildman–Crippen LogP) is 1.72. The fourth-order valence-electron chi connectivity index (χ4n) is 9.21. The summed E-state index contributed by atoms with van der Waals surface area (Å²) in [6.45, 7) is 9.30. The number of nitrogens with zero attached hydrogens (tertiary/aromatic N) is 2. The molecule has 4 heterocycles. The van der Waals surface area contributed by atoms with E-state index >= 15 is 0 Å². The van der Waals surface area contributed by atoms with Crippen LogP contribution in [0.25, 0.3) is 0 Å². The summed E-state index contributed by atoms with van der Waals surface area (Å²) in [4.78, 5) is 52.2. The Morgan fingerprint density at radius 3 is 2.55 bits per heavy atom. The highest BCUT2D eigenvalue weighted by molar-refractivity contribution is 5.76. The van der Waals surface area contributed by atoms with Crippen molar-refractivity contribution in [3.05, 3.63) is 34.2 Å². The Morgan fingerprint density at radius 2 is 1.82 bits per heavy atom. The number of aliphatic hydroxyl groups excluding tert-OH is 1. The van der Waals surface area contributed by atoms with Gasteiger partial charge >= 0.3 is 17.9 Å². The van der Waals surface area contributed by atoms with Gasteiger partial charge in [-0.15, -0.1) is 0 Å². The van der Waals surface area contributed by atoms with Crippen molar-refractivity contribution in [1.29, 1.82) is 0 Å². The highest BCUT2D eigenvalue weighted by atomic mass is 16.6. The van der Waals surface area contributed by atoms with E-state index in [0.29, 0.717) is 31.8 Å². The lowest BCUT2D eigenvalue weighted by Crippen LogP contribution is -2.53. The molecular weight excluding hydrogens is 516 g/mol. The number of piperidine rings is 1. The number of carbonyl (C=O) groups excluding carboxylic acids is 3. The summed E-state index contributed by atoms with van der Waals surface area (Å²) < 4.78 is 19.3. The molecule has 40 heavy (non-hydrogen) atoms. The number of carbonyl (C=O) groups is 3. The van der Waals surface area contributed by atoms with Crippen molar-refractivity contribution in [2.75, 3.05) is 19.6 Å². The summed E-state index contributed by atoms with van der Waals surface area (Å²) >= 11 is 0. The number of aliphatic hydroxyl groups is 1. The van der Waals surface area contributed by atoms with Crippen LogP contribution in [0.1, 0.15) is 58.6 Å². The Bertz CT molecular complexity index is 1260. The zero-order chi connectivity index (χ0) is 28.5. The van der Waals surface area contributed by atoms with E-state index in [1.165, 1.54) is 13.8 Å². The largest absolute Gasteiger partial charge is 0.462 e. The van der Waals surface area contributed by atoms with Crippen LogP contribution in [0, 0.1) is 35.0 Å². The van der Waals surface area contributed by atoms with Gasteiger partial charge in [0.25, 0.3) is 5.56 Å². The first-order chi connectivity index (χ1) is 19.0. The predicted molar refractivity (Wildman–Crippen MR) is 142 cm³/mol. The van der Waals surface area contributed by atoms with E-state index in [1.807, 2.05) is 30.5 Å². The Morgan fingerprint density at radius 1 is 1.07 bits per heavy atom. The number of rotatable bonds is 4. The standard InChI is InChI=1S/C30H40N2O8/c1-15-8-22-26(28(36)30(4)24(39-17(3)34)10-23(27(15)30)38-16(2)33)20(29(37)40-22)14-31-11-18-9-19(13-31)21-6-5-7-25(35)32(21)12-18/h5-7,15,18-20,22-24,26-28,36H,8-14H2,1-4H3/t15-,18-,19-,20-,22+,23-,24-,26+,27-,28-,30-/m0/s1. The van der Waals surface area contributed by atoms with E-state index in [1.54, 1.807) is 6.07 Å². The van der Waals surface area contributed by atoms with Crippen LogP contribution in [0.5, 0.6) is 0 Å². The lowest BCUT2D eigenvalue weighted by atomic mass is 9.66. The molecule has 6 rings (SSSR count). The van der Waals surface area contributed by atoms with Gasteiger partial charge in [-0.1, -0.05) is 19.9 Å². The van der Waals surface area contributed by atoms with Gasteiger partial charge in [-0.3, -0.25) is 19.2 Å².